The Labute approximate surface area is 250 Å². The highest BCUT2D eigenvalue weighted by molar-refractivity contribution is 7.91. The van der Waals surface area contributed by atoms with E-state index in [0.717, 1.165) is 29.5 Å². The number of sulfone groups is 1. The summed E-state index contributed by atoms with van der Waals surface area (Å²) < 4.78 is 72.6. The molecular formula is C30H30F2N6O3S2. The molecule has 8 rings (SSSR count). The van der Waals surface area contributed by atoms with Gasteiger partial charge in [-0.1, -0.05) is 54.6 Å². The van der Waals surface area contributed by atoms with Crippen LogP contribution < -0.4 is 0 Å². The molecule has 7 atom stereocenters. The molecule has 224 valence electrons. The van der Waals surface area contributed by atoms with Crippen LogP contribution >= 0.6 is 0 Å². The average molecular weight is 625 g/mol. The van der Waals surface area contributed by atoms with Gasteiger partial charge in [-0.25, -0.2) is 31.5 Å². The zero-order valence-electron chi connectivity index (χ0n) is 23.2. The Morgan fingerprint density at radius 3 is 2.21 bits per heavy atom. The molecule has 0 saturated heterocycles. The fourth-order valence-corrected chi connectivity index (χ4v) is 9.46. The fraction of sp³-hybridized carbons (Fsp3) is 0.467. The lowest BCUT2D eigenvalue weighted by molar-refractivity contribution is 0.326. The maximum Gasteiger partial charge on any atom is 0.267 e. The first kappa shape index (κ1) is 27.2. The van der Waals surface area contributed by atoms with Crippen LogP contribution in [-0.4, -0.2) is 53.7 Å². The Kier molecular flexibility index (Phi) is 6.41. The summed E-state index contributed by atoms with van der Waals surface area (Å²) in [6, 6.07) is 16.2. The first-order valence-electron chi connectivity index (χ1n) is 14.7. The SMILES string of the molecule is O=S(CC1CC1)c1nc2n(n1)[C@H](c1ccccc1C1CC1CS(=O)(=O)c1nc3n(n1)[C@H](c1ccccc1)C[C@@H]3F)C[C@@H]2F. The summed E-state index contributed by atoms with van der Waals surface area (Å²) in [5, 5.41) is 8.64. The van der Waals surface area contributed by atoms with Crippen molar-refractivity contribution >= 4 is 20.6 Å². The van der Waals surface area contributed by atoms with Crippen molar-refractivity contribution in [3.63, 3.8) is 0 Å². The van der Waals surface area contributed by atoms with Gasteiger partial charge >= 0.3 is 0 Å². The topological polar surface area (TPSA) is 113 Å². The van der Waals surface area contributed by atoms with Gasteiger partial charge in [0.05, 0.1) is 28.6 Å². The minimum Gasteiger partial charge on any atom is -0.251 e. The number of alkyl halides is 2. The second-order valence-electron chi connectivity index (χ2n) is 12.2. The lowest BCUT2D eigenvalue weighted by Crippen LogP contribution is -2.14. The molecule has 2 aliphatic heterocycles. The van der Waals surface area contributed by atoms with Crippen LogP contribution in [0.2, 0.25) is 0 Å². The van der Waals surface area contributed by atoms with E-state index in [1.54, 1.807) is 4.68 Å². The van der Waals surface area contributed by atoms with Crippen molar-refractivity contribution in [1.29, 1.82) is 0 Å². The molecule has 0 bridgehead atoms. The molecular weight excluding hydrogens is 594 g/mol. The molecule has 2 aromatic carbocycles. The van der Waals surface area contributed by atoms with E-state index >= 15 is 4.39 Å². The smallest absolute Gasteiger partial charge is 0.251 e. The van der Waals surface area contributed by atoms with Crippen molar-refractivity contribution < 1.29 is 21.4 Å². The van der Waals surface area contributed by atoms with E-state index in [2.05, 4.69) is 20.2 Å². The highest BCUT2D eigenvalue weighted by atomic mass is 32.2. The van der Waals surface area contributed by atoms with Gasteiger partial charge in [0, 0.05) is 18.6 Å². The molecule has 0 N–H and O–H groups in total. The molecule has 9 nitrogen and oxygen atoms in total. The molecule has 2 fully saturated rings. The number of benzene rings is 2. The van der Waals surface area contributed by atoms with Crippen LogP contribution in [-0.2, 0) is 20.6 Å². The highest BCUT2D eigenvalue weighted by Gasteiger charge is 2.46. The predicted molar refractivity (Wildman–Crippen MR) is 153 cm³/mol. The number of nitrogens with zero attached hydrogens (tertiary/aromatic N) is 6. The van der Waals surface area contributed by atoms with Crippen LogP contribution in [0.1, 0.15) is 90.8 Å². The number of halogens is 2. The average Bonchev–Trinajstić information content (AvgIpc) is 3.75. The third kappa shape index (κ3) is 4.84. The number of hydrogen-bond acceptors (Lipinski definition) is 7. The molecule has 2 aromatic heterocycles. The van der Waals surface area contributed by atoms with E-state index in [1.807, 2.05) is 54.6 Å². The van der Waals surface area contributed by atoms with Gasteiger partial charge in [0.1, 0.15) is 0 Å². The number of fused-ring (bicyclic) bond motifs is 2. The minimum absolute atomic E-state index is 0.0412. The van der Waals surface area contributed by atoms with Gasteiger partial charge in [-0.15, -0.1) is 10.2 Å². The number of hydrogen-bond donors (Lipinski definition) is 0. The molecule has 3 unspecified atom stereocenters. The summed E-state index contributed by atoms with van der Waals surface area (Å²) in [6.07, 6.45) is 0.407. The highest BCUT2D eigenvalue weighted by Crippen LogP contribution is 2.52. The largest absolute Gasteiger partial charge is 0.267 e. The quantitative estimate of drug-likeness (QED) is 0.258. The van der Waals surface area contributed by atoms with Gasteiger partial charge in [-0.05, 0) is 53.7 Å². The van der Waals surface area contributed by atoms with E-state index in [9.17, 15) is 17.0 Å². The summed E-state index contributed by atoms with van der Waals surface area (Å²) in [7, 11) is -5.23. The van der Waals surface area contributed by atoms with Crippen LogP contribution in [0.25, 0.3) is 0 Å². The zero-order chi connectivity index (χ0) is 29.5. The molecule has 2 aliphatic carbocycles. The molecule has 4 aliphatic rings. The standard InChI is InChI=1S/C30H30F2N6O3S2/c31-23-13-25(18-6-2-1-3-7-18)37-28(23)34-30(36-37)43(40,41)16-19-12-22(19)20-8-4-5-9-21(20)26-14-24(32)27-33-29(35-38(26)27)42(39)15-17-10-11-17/h1-9,17,19,22-26H,10-16H2/t19?,22?,23-,24-,25-,26-,42?/m0/s1. The third-order valence-corrected chi connectivity index (χ3v) is 12.1. The van der Waals surface area contributed by atoms with Crippen LogP contribution in [0, 0.1) is 11.8 Å². The predicted octanol–water partition coefficient (Wildman–Crippen LogP) is 4.97. The van der Waals surface area contributed by atoms with Crippen LogP contribution in [0.4, 0.5) is 8.78 Å². The molecule has 2 saturated carbocycles. The van der Waals surface area contributed by atoms with E-state index in [4.69, 9.17) is 0 Å². The Balaban J connectivity index is 1.02. The van der Waals surface area contributed by atoms with Gasteiger partial charge in [0.2, 0.25) is 15.0 Å². The third-order valence-electron chi connectivity index (χ3n) is 9.15. The van der Waals surface area contributed by atoms with Crippen molar-refractivity contribution in [2.45, 2.75) is 72.8 Å². The van der Waals surface area contributed by atoms with E-state index < -0.39 is 45.1 Å². The normalized spacial score (nSPS) is 28.5. The zero-order valence-corrected chi connectivity index (χ0v) is 24.8. The minimum atomic E-state index is -3.88. The maximum atomic E-state index is 15.1. The van der Waals surface area contributed by atoms with Crippen molar-refractivity contribution in [2.75, 3.05) is 11.5 Å². The second-order valence-corrected chi connectivity index (χ2v) is 15.5. The van der Waals surface area contributed by atoms with Gasteiger partial charge < -0.3 is 0 Å². The Morgan fingerprint density at radius 1 is 0.814 bits per heavy atom. The lowest BCUT2D eigenvalue weighted by atomic mass is 9.95. The molecule has 0 amide bonds. The van der Waals surface area contributed by atoms with Gasteiger partial charge in [0.15, 0.2) is 24.0 Å². The maximum absolute atomic E-state index is 15.1. The monoisotopic (exact) mass is 624 g/mol. The van der Waals surface area contributed by atoms with Crippen molar-refractivity contribution in [3.8, 4) is 0 Å². The van der Waals surface area contributed by atoms with Crippen molar-refractivity contribution in [3.05, 3.63) is 82.9 Å². The van der Waals surface area contributed by atoms with E-state index in [0.29, 0.717) is 18.1 Å². The Bertz CT molecular complexity index is 1840. The Hall–Kier alpha value is -3.32. The molecule has 4 heterocycles. The molecule has 4 aromatic rings. The summed E-state index contributed by atoms with van der Waals surface area (Å²) in [5.41, 5.74) is 2.69. The first-order valence-corrected chi connectivity index (χ1v) is 17.7. The number of rotatable bonds is 9. The molecule has 43 heavy (non-hydrogen) atoms. The van der Waals surface area contributed by atoms with Crippen LogP contribution in [0.3, 0.4) is 0 Å². The summed E-state index contributed by atoms with van der Waals surface area (Å²) in [5.74, 6) is 0.823. The summed E-state index contributed by atoms with van der Waals surface area (Å²) >= 11 is 0. The summed E-state index contributed by atoms with van der Waals surface area (Å²) in [6.45, 7) is 0. The second kappa shape index (κ2) is 10.1. The van der Waals surface area contributed by atoms with Gasteiger partial charge in [-0.3, -0.25) is 4.21 Å². The van der Waals surface area contributed by atoms with E-state index in [-0.39, 0.29) is 52.4 Å². The fourth-order valence-electron chi connectivity index (χ4n) is 6.65. The van der Waals surface area contributed by atoms with Crippen LogP contribution in [0.5, 0.6) is 0 Å². The van der Waals surface area contributed by atoms with Crippen molar-refractivity contribution in [1.82, 2.24) is 29.5 Å². The van der Waals surface area contributed by atoms with Crippen molar-refractivity contribution in [2.24, 2.45) is 11.8 Å². The first-order chi connectivity index (χ1) is 20.8. The van der Waals surface area contributed by atoms with Gasteiger partial charge in [0.25, 0.3) is 5.16 Å². The van der Waals surface area contributed by atoms with Gasteiger partial charge in [-0.2, -0.15) is 4.98 Å². The number of aromatic nitrogens is 6. The molecule has 0 spiro atoms. The summed E-state index contributed by atoms with van der Waals surface area (Å²) in [4.78, 5) is 8.47. The Morgan fingerprint density at radius 2 is 1.47 bits per heavy atom. The van der Waals surface area contributed by atoms with Crippen LogP contribution in [0.15, 0.2) is 64.9 Å². The molecule has 0 radical (unpaired) electrons. The lowest BCUT2D eigenvalue weighted by Gasteiger charge is -2.17. The van der Waals surface area contributed by atoms with E-state index in [1.165, 1.54) is 4.68 Å². The molecule has 13 heteroatoms.